The lowest BCUT2D eigenvalue weighted by molar-refractivity contribution is -0.134. The number of rotatable bonds is 6. The Balaban J connectivity index is 1.73. The molecule has 25 heavy (non-hydrogen) atoms. The molecular formula is C20H30N2O3. The van der Waals surface area contributed by atoms with Gasteiger partial charge in [-0.1, -0.05) is 19.9 Å². The summed E-state index contributed by atoms with van der Waals surface area (Å²) in [6, 6.07) is 6.03. The van der Waals surface area contributed by atoms with Crippen molar-refractivity contribution < 1.29 is 14.3 Å². The number of hydrogen-bond acceptors (Lipinski definition) is 3. The van der Waals surface area contributed by atoms with E-state index in [2.05, 4.69) is 5.32 Å². The molecule has 2 rings (SSSR count). The van der Waals surface area contributed by atoms with E-state index in [1.807, 2.05) is 50.8 Å². The second-order valence-electron chi connectivity index (χ2n) is 7.36. The number of likely N-dealkylation sites (tertiary alicyclic amines) is 1. The van der Waals surface area contributed by atoms with Crippen molar-refractivity contribution in [1.82, 2.24) is 10.2 Å². The number of hydrogen-bond donors (Lipinski definition) is 1. The van der Waals surface area contributed by atoms with Crippen LogP contribution in [0.25, 0.3) is 0 Å². The molecule has 1 aliphatic heterocycles. The lowest BCUT2D eigenvalue weighted by Gasteiger charge is -2.32. The predicted molar refractivity (Wildman–Crippen MR) is 98.6 cm³/mol. The topological polar surface area (TPSA) is 58.6 Å². The van der Waals surface area contributed by atoms with Gasteiger partial charge in [-0.3, -0.25) is 9.59 Å². The summed E-state index contributed by atoms with van der Waals surface area (Å²) in [7, 11) is 0. The maximum Gasteiger partial charge on any atom is 0.260 e. The number of aryl methyl sites for hydroxylation is 2. The van der Waals surface area contributed by atoms with Crippen LogP contribution in [-0.2, 0) is 9.59 Å². The molecule has 0 unspecified atom stereocenters. The lowest BCUT2D eigenvalue weighted by Crippen LogP contribution is -2.47. The number of carbonyl (C=O) groups excluding carboxylic acids is 2. The van der Waals surface area contributed by atoms with Crippen molar-refractivity contribution in [2.75, 3.05) is 19.7 Å². The molecule has 1 N–H and O–H groups in total. The van der Waals surface area contributed by atoms with Gasteiger partial charge in [0.1, 0.15) is 5.75 Å². The minimum absolute atomic E-state index is 0.00480. The number of piperidine rings is 1. The molecule has 2 amide bonds. The molecule has 1 saturated heterocycles. The highest BCUT2D eigenvalue weighted by Gasteiger charge is 2.24. The van der Waals surface area contributed by atoms with Crippen LogP contribution in [0.2, 0.25) is 0 Å². The zero-order valence-electron chi connectivity index (χ0n) is 15.8. The summed E-state index contributed by atoms with van der Waals surface area (Å²) in [4.78, 5) is 26.0. The minimum atomic E-state index is 0.00480. The standard InChI is InChI=1S/C20H30N2O3/c1-14(2)11-19(23)21-17-7-9-22(10-8-17)20(24)13-25-18-6-5-15(3)16(4)12-18/h5-6,12,14,17H,7-11,13H2,1-4H3,(H,21,23). The Morgan fingerprint density at radius 2 is 1.88 bits per heavy atom. The number of ether oxygens (including phenoxy) is 1. The Morgan fingerprint density at radius 1 is 1.20 bits per heavy atom. The maximum absolute atomic E-state index is 12.3. The number of nitrogens with one attached hydrogen (secondary N) is 1. The van der Waals surface area contributed by atoms with E-state index in [9.17, 15) is 9.59 Å². The molecule has 5 nitrogen and oxygen atoms in total. The van der Waals surface area contributed by atoms with Gasteiger partial charge < -0.3 is 15.0 Å². The highest BCUT2D eigenvalue weighted by molar-refractivity contribution is 5.78. The van der Waals surface area contributed by atoms with E-state index < -0.39 is 0 Å². The van der Waals surface area contributed by atoms with Crippen molar-refractivity contribution in [1.29, 1.82) is 0 Å². The van der Waals surface area contributed by atoms with Crippen LogP contribution in [-0.4, -0.2) is 42.5 Å². The number of benzene rings is 1. The van der Waals surface area contributed by atoms with Gasteiger partial charge in [0.05, 0.1) is 0 Å². The van der Waals surface area contributed by atoms with Crippen molar-refractivity contribution in [3.05, 3.63) is 29.3 Å². The van der Waals surface area contributed by atoms with Gasteiger partial charge in [-0.2, -0.15) is 0 Å². The van der Waals surface area contributed by atoms with E-state index in [1.165, 1.54) is 5.56 Å². The van der Waals surface area contributed by atoms with Crippen LogP contribution in [0.4, 0.5) is 0 Å². The molecule has 1 aromatic carbocycles. The molecule has 1 fully saturated rings. The first-order valence-electron chi connectivity index (χ1n) is 9.12. The SMILES string of the molecule is Cc1ccc(OCC(=O)N2CCC(NC(=O)CC(C)C)CC2)cc1C. The monoisotopic (exact) mass is 346 g/mol. The molecule has 0 radical (unpaired) electrons. The molecule has 1 heterocycles. The largest absolute Gasteiger partial charge is 0.484 e. The first-order valence-corrected chi connectivity index (χ1v) is 9.12. The van der Waals surface area contributed by atoms with Crippen LogP contribution >= 0.6 is 0 Å². The quantitative estimate of drug-likeness (QED) is 0.862. The van der Waals surface area contributed by atoms with Crippen LogP contribution in [0, 0.1) is 19.8 Å². The van der Waals surface area contributed by atoms with Crippen molar-refractivity contribution in [2.24, 2.45) is 5.92 Å². The Bertz CT molecular complexity index is 605. The molecule has 5 heteroatoms. The zero-order valence-corrected chi connectivity index (χ0v) is 15.8. The van der Waals surface area contributed by atoms with Gasteiger partial charge in [0.25, 0.3) is 5.91 Å². The molecule has 1 aliphatic rings. The maximum atomic E-state index is 12.3. The van der Waals surface area contributed by atoms with Crippen molar-refractivity contribution in [2.45, 2.75) is 53.0 Å². The van der Waals surface area contributed by atoms with Crippen LogP contribution in [0.1, 0.15) is 44.2 Å². The van der Waals surface area contributed by atoms with E-state index in [1.54, 1.807) is 0 Å². The van der Waals surface area contributed by atoms with Crippen molar-refractivity contribution in [3.8, 4) is 5.75 Å². The summed E-state index contributed by atoms with van der Waals surface area (Å²) in [6.45, 7) is 9.56. The average molecular weight is 346 g/mol. The van der Waals surface area contributed by atoms with Crippen LogP contribution in [0.15, 0.2) is 18.2 Å². The molecule has 0 atom stereocenters. The molecule has 0 saturated carbocycles. The van der Waals surface area contributed by atoms with Gasteiger partial charge in [-0.25, -0.2) is 0 Å². The van der Waals surface area contributed by atoms with Crippen molar-refractivity contribution in [3.63, 3.8) is 0 Å². The van der Waals surface area contributed by atoms with E-state index >= 15 is 0 Å². The van der Waals surface area contributed by atoms with Gasteiger partial charge in [0.2, 0.25) is 5.91 Å². The van der Waals surface area contributed by atoms with Crippen LogP contribution in [0.5, 0.6) is 5.75 Å². The summed E-state index contributed by atoms with van der Waals surface area (Å²) in [6.07, 6.45) is 2.17. The fourth-order valence-electron chi connectivity index (χ4n) is 2.97. The third-order valence-electron chi connectivity index (χ3n) is 4.65. The number of amides is 2. The van der Waals surface area contributed by atoms with Crippen LogP contribution in [0.3, 0.4) is 0 Å². The summed E-state index contributed by atoms with van der Waals surface area (Å²) in [5.41, 5.74) is 2.36. The van der Waals surface area contributed by atoms with Crippen LogP contribution < -0.4 is 10.1 Å². The first-order chi connectivity index (χ1) is 11.8. The second-order valence-corrected chi connectivity index (χ2v) is 7.36. The highest BCUT2D eigenvalue weighted by atomic mass is 16.5. The number of carbonyl (C=O) groups is 2. The molecule has 1 aromatic rings. The molecule has 0 bridgehead atoms. The van der Waals surface area contributed by atoms with Gasteiger partial charge in [0.15, 0.2) is 6.61 Å². The lowest BCUT2D eigenvalue weighted by atomic mass is 10.0. The minimum Gasteiger partial charge on any atom is -0.484 e. The highest BCUT2D eigenvalue weighted by Crippen LogP contribution is 2.17. The van der Waals surface area contributed by atoms with E-state index in [0.717, 1.165) is 24.2 Å². The van der Waals surface area contributed by atoms with Gasteiger partial charge >= 0.3 is 0 Å². The third-order valence-corrected chi connectivity index (χ3v) is 4.65. The molecule has 0 aromatic heterocycles. The van der Waals surface area contributed by atoms with E-state index in [0.29, 0.717) is 25.4 Å². The Hall–Kier alpha value is -2.04. The summed E-state index contributed by atoms with van der Waals surface area (Å²) in [5.74, 6) is 1.21. The molecular weight excluding hydrogens is 316 g/mol. The Labute approximate surface area is 150 Å². The molecule has 0 spiro atoms. The third kappa shape index (κ3) is 6.07. The average Bonchev–Trinajstić information content (AvgIpc) is 2.55. The second kappa shape index (κ2) is 8.88. The van der Waals surface area contributed by atoms with Crippen molar-refractivity contribution >= 4 is 11.8 Å². The van der Waals surface area contributed by atoms with E-state index in [-0.39, 0.29) is 24.5 Å². The predicted octanol–water partition coefficient (Wildman–Crippen LogP) is 2.84. The summed E-state index contributed by atoms with van der Waals surface area (Å²) < 4.78 is 5.63. The summed E-state index contributed by atoms with van der Waals surface area (Å²) in [5, 5.41) is 3.07. The molecule has 138 valence electrons. The van der Waals surface area contributed by atoms with Gasteiger partial charge in [-0.05, 0) is 55.9 Å². The number of nitrogens with zero attached hydrogens (tertiary/aromatic N) is 1. The smallest absolute Gasteiger partial charge is 0.260 e. The van der Waals surface area contributed by atoms with Gasteiger partial charge in [0, 0.05) is 25.6 Å². The Kier molecular flexibility index (Phi) is 6.85. The normalized spacial score (nSPS) is 15.3. The van der Waals surface area contributed by atoms with E-state index in [4.69, 9.17) is 4.74 Å². The Morgan fingerprint density at radius 3 is 2.48 bits per heavy atom. The summed E-state index contributed by atoms with van der Waals surface area (Å²) >= 11 is 0. The van der Waals surface area contributed by atoms with Gasteiger partial charge in [-0.15, -0.1) is 0 Å². The zero-order chi connectivity index (χ0) is 18.4. The molecule has 0 aliphatic carbocycles. The first kappa shape index (κ1) is 19.3. The fraction of sp³-hybridized carbons (Fsp3) is 0.600. The fourth-order valence-corrected chi connectivity index (χ4v) is 2.97.